The molecule has 32 heavy (non-hydrogen) atoms. The van der Waals surface area contributed by atoms with Gasteiger partial charge in [-0.3, -0.25) is 19.0 Å². The normalized spacial score (nSPS) is 14.8. The van der Waals surface area contributed by atoms with Crippen LogP contribution < -0.4 is 10.9 Å². The number of nitrogens with one attached hydrogen (secondary N) is 1. The molecule has 166 valence electrons. The van der Waals surface area contributed by atoms with E-state index < -0.39 is 11.5 Å². The highest BCUT2D eigenvalue weighted by Gasteiger charge is 2.37. The Morgan fingerprint density at radius 1 is 1.16 bits per heavy atom. The van der Waals surface area contributed by atoms with Gasteiger partial charge in [-0.15, -0.1) is 0 Å². The first-order chi connectivity index (χ1) is 15.1. The Bertz CT molecular complexity index is 1250. The first-order valence-electron chi connectivity index (χ1n) is 10.5. The van der Waals surface area contributed by atoms with Gasteiger partial charge in [-0.2, -0.15) is 0 Å². The van der Waals surface area contributed by atoms with Gasteiger partial charge in [0.15, 0.2) is 0 Å². The van der Waals surface area contributed by atoms with Gasteiger partial charge in [0, 0.05) is 25.0 Å². The van der Waals surface area contributed by atoms with Crippen molar-refractivity contribution in [2.75, 3.05) is 13.1 Å². The number of rotatable bonds is 5. The highest BCUT2D eigenvalue weighted by molar-refractivity contribution is 5.97. The van der Waals surface area contributed by atoms with E-state index in [2.05, 4.69) is 24.1 Å². The van der Waals surface area contributed by atoms with Crippen molar-refractivity contribution in [3.63, 3.8) is 0 Å². The zero-order valence-corrected chi connectivity index (χ0v) is 18.4. The lowest BCUT2D eigenvalue weighted by molar-refractivity contribution is -0.142. The number of benzene rings is 1. The number of likely N-dealkylation sites (tertiary alicyclic amines) is 1. The Morgan fingerprint density at radius 2 is 1.84 bits per heavy atom. The van der Waals surface area contributed by atoms with E-state index in [4.69, 9.17) is 0 Å². The molecule has 0 spiro atoms. The average molecular weight is 434 g/mol. The minimum Gasteiger partial charge on any atom is -0.506 e. The molecular weight excluding hydrogens is 408 g/mol. The minimum absolute atomic E-state index is 0.0600. The fourth-order valence-electron chi connectivity index (χ4n) is 3.95. The number of hydrogen-bond donors (Lipinski definition) is 2. The molecule has 8 heteroatoms. The van der Waals surface area contributed by atoms with E-state index in [1.54, 1.807) is 4.90 Å². The van der Waals surface area contributed by atoms with Crippen LogP contribution in [0.5, 0.6) is 5.75 Å². The van der Waals surface area contributed by atoms with Crippen LogP contribution in [0.15, 0.2) is 47.4 Å². The number of fused-ring (bicyclic) bond motifs is 1. The molecule has 0 bridgehead atoms. The van der Waals surface area contributed by atoms with Crippen LogP contribution in [0.4, 0.5) is 0 Å². The van der Waals surface area contributed by atoms with Crippen LogP contribution >= 0.6 is 0 Å². The van der Waals surface area contributed by atoms with E-state index in [1.807, 2.05) is 31.2 Å². The standard InChI is InChI=1S/C24H26N4O4/c1-15-4-6-16(7-5-15)10-26-22(31)19-9-17-8-18(29)11-25-21(17)28(23(19)32)12-20(30)27-13-24(2,3)14-27/h4-9,11,29H,10,12-14H2,1-3H3,(H,26,31). The summed E-state index contributed by atoms with van der Waals surface area (Å²) < 4.78 is 1.21. The Kier molecular flexibility index (Phi) is 5.46. The lowest BCUT2D eigenvalue weighted by Gasteiger charge is -2.45. The maximum Gasteiger partial charge on any atom is 0.265 e. The molecule has 8 nitrogen and oxygen atoms in total. The minimum atomic E-state index is -0.592. The van der Waals surface area contributed by atoms with Gasteiger partial charge >= 0.3 is 0 Å². The summed E-state index contributed by atoms with van der Waals surface area (Å²) in [4.78, 5) is 44.6. The summed E-state index contributed by atoms with van der Waals surface area (Å²) in [6, 6.07) is 10.5. The number of aromatic nitrogens is 2. The summed E-state index contributed by atoms with van der Waals surface area (Å²) in [5.41, 5.74) is 1.62. The van der Waals surface area contributed by atoms with Gasteiger partial charge in [0.1, 0.15) is 23.5 Å². The molecule has 4 rings (SSSR count). The third-order valence-electron chi connectivity index (χ3n) is 5.61. The van der Waals surface area contributed by atoms with Crippen molar-refractivity contribution in [1.82, 2.24) is 19.8 Å². The molecule has 1 aromatic carbocycles. The molecule has 1 fully saturated rings. The molecule has 1 saturated heterocycles. The van der Waals surface area contributed by atoms with Crippen molar-refractivity contribution < 1.29 is 14.7 Å². The van der Waals surface area contributed by atoms with Crippen LogP contribution in [0.3, 0.4) is 0 Å². The summed E-state index contributed by atoms with van der Waals surface area (Å²) >= 11 is 0. The summed E-state index contributed by atoms with van der Waals surface area (Å²) in [6.07, 6.45) is 1.21. The summed E-state index contributed by atoms with van der Waals surface area (Å²) in [6.45, 7) is 7.39. The molecule has 2 aromatic heterocycles. The molecule has 2 amide bonds. The molecule has 3 heterocycles. The molecule has 1 aliphatic rings. The van der Waals surface area contributed by atoms with Gasteiger partial charge < -0.3 is 15.3 Å². The van der Waals surface area contributed by atoms with Crippen LogP contribution in [0.1, 0.15) is 35.3 Å². The molecule has 2 N–H and O–H groups in total. The fraction of sp³-hybridized carbons (Fsp3) is 0.333. The lowest BCUT2D eigenvalue weighted by Crippen LogP contribution is -2.56. The second-order valence-electron chi connectivity index (χ2n) is 9.14. The van der Waals surface area contributed by atoms with Crippen molar-refractivity contribution in [3.8, 4) is 5.75 Å². The van der Waals surface area contributed by atoms with Crippen molar-refractivity contribution in [2.45, 2.75) is 33.9 Å². The van der Waals surface area contributed by atoms with Crippen molar-refractivity contribution in [1.29, 1.82) is 0 Å². The fourth-order valence-corrected chi connectivity index (χ4v) is 3.95. The van der Waals surface area contributed by atoms with E-state index in [1.165, 1.54) is 22.9 Å². The third kappa shape index (κ3) is 4.34. The number of carbonyl (C=O) groups is 2. The highest BCUT2D eigenvalue weighted by Crippen LogP contribution is 2.29. The molecular formula is C24H26N4O4. The van der Waals surface area contributed by atoms with Crippen LogP contribution in [0.25, 0.3) is 11.0 Å². The van der Waals surface area contributed by atoms with Gasteiger partial charge in [0.05, 0.1) is 6.20 Å². The van der Waals surface area contributed by atoms with Crippen LogP contribution in [0, 0.1) is 12.3 Å². The highest BCUT2D eigenvalue weighted by atomic mass is 16.3. The van der Waals surface area contributed by atoms with Crippen LogP contribution in [0.2, 0.25) is 0 Å². The number of amides is 2. The average Bonchev–Trinajstić information content (AvgIpc) is 2.73. The van der Waals surface area contributed by atoms with Gasteiger partial charge in [0.25, 0.3) is 11.5 Å². The summed E-state index contributed by atoms with van der Waals surface area (Å²) in [5.74, 6) is -0.851. The largest absolute Gasteiger partial charge is 0.506 e. The van der Waals surface area contributed by atoms with E-state index in [9.17, 15) is 19.5 Å². The molecule has 3 aromatic rings. The topological polar surface area (TPSA) is 105 Å². The molecule has 0 aliphatic carbocycles. The van der Waals surface area contributed by atoms with E-state index in [0.717, 1.165) is 11.1 Å². The Labute approximate surface area is 185 Å². The van der Waals surface area contributed by atoms with Gasteiger partial charge in [-0.25, -0.2) is 4.98 Å². The zero-order chi connectivity index (χ0) is 23.0. The number of nitrogens with zero attached hydrogens (tertiary/aromatic N) is 3. The zero-order valence-electron chi connectivity index (χ0n) is 18.4. The molecule has 1 aliphatic heterocycles. The number of aromatic hydroxyl groups is 1. The van der Waals surface area contributed by atoms with Crippen LogP contribution in [-0.4, -0.2) is 44.5 Å². The molecule has 0 saturated carbocycles. The first-order valence-corrected chi connectivity index (χ1v) is 10.5. The maximum atomic E-state index is 13.2. The predicted molar refractivity (Wildman–Crippen MR) is 120 cm³/mol. The Balaban J connectivity index is 1.64. The molecule has 0 radical (unpaired) electrons. The molecule has 0 atom stereocenters. The van der Waals surface area contributed by atoms with Crippen LogP contribution in [-0.2, 0) is 17.9 Å². The van der Waals surface area contributed by atoms with E-state index >= 15 is 0 Å². The second-order valence-corrected chi connectivity index (χ2v) is 9.14. The first kappa shape index (κ1) is 21.5. The van der Waals surface area contributed by atoms with Gasteiger partial charge in [0.2, 0.25) is 5.91 Å². The lowest BCUT2D eigenvalue weighted by atomic mass is 9.84. The predicted octanol–water partition coefficient (Wildman–Crippen LogP) is 2.21. The Hall–Kier alpha value is -3.68. The van der Waals surface area contributed by atoms with Gasteiger partial charge in [-0.05, 0) is 30.0 Å². The summed E-state index contributed by atoms with van der Waals surface area (Å²) in [7, 11) is 0. The van der Waals surface area contributed by atoms with E-state index in [0.29, 0.717) is 18.5 Å². The van der Waals surface area contributed by atoms with Crippen molar-refractivity contribution >= 4 is 22.8 Å². The quantitative estimate of drug-likeness (QED) is 0.641. The monoisotopic (exact) mass is 434 g/mol. The van der Waals surface area contributed by atoms with E-state index in [-0.39, 0.29) is 41.4 Å². The maximum absolute atomic E-state index is 13.2. The molecule has 0 unspecified atom stereocenters. The van der Waals surface area contributed by atoms with Gasteiger partial charge in [-0.1, -0.05) is 43.7 Å². The number of carbonyl (C=O) groups excluding carboxylic acids is 2. The van der Waals surface area contributed by atoms with Crippen molar-refractivity contribution in [3.05, 3.63) is 69.6 Å². The smallest absolute Gasteiger partial charge is 0.265 e. The number of pyridine rings is 2. The third-order valence-corrected chi connectivity index (χ3v) is 5.61. The number of aryl methyl sites for hydroxylation is 1. The van der Waals surface area contributed by atoms with Crippen molar-refractivity contribution in [2.24, 2.45) is 5.41 Å². The second kappa shape index (κ2) is 8.11. The summed E-state index contributed by atoms with van der Waals surface area (Å²) in [5, 5.41) is 13.0. The number of hydrogen-bond acceptors (Lipinski definition) is 5. The Morgan fingerprint density at radius 3 is 2.50 bits per heavy atom. The SMILES string of the molecule is Cc1ccc(CNC(=O)c2cc3cc(O)cnc3n(CC(=O)N3CC(C)(C)C3)c2=O)cc1.